The van der Waals surface area contributed by atoms with E-state index in [0.717, 1.165) is 5.56 Å². The number of carbonyl (C=O) groups excluding carboxylic acids is 1. The van der Waals surface area contributed by atoms with Gasteiger partial charge in [-0.05, 0) is 17.7 Å². The van der Waals surface area contributed by atoms with Crippen molar-refractivity contribution in [3.8, 4) is 5.75 Å². The summed E-state index contributed by atoms with van der Waals surface area (Å²) in [6.07, 6.45) is 1.67. The number of hydrogen-bond donors (Lipinski definition) is 1. The van der Waals surface area contributed by atoms with E-state index >= 15 is 0 Å². The number of ether oxygens (including phenoxy) is 1. The van der Waals surface area contributed by atoms with Gasteiger partial charge in [-0.1, -0.05) is 30.3 Å². The van der Waals surface area contributed by atoms with Crippen LogP contribution < -0.4 is 10.1 Å². The number of nitrogens with one attached hydrogen (secondary N) is 1. The van der Waals surface area contributed by atoms with E-state index in [2.05, 4.69) is 10.4 Å². The van der Waals surface area contributed by atoms with Gasteiger partial charge < -0.3 is 14.5 Å². The first-order chi connectivity index (χ1) is 15.8. The van der Waals surface area contributed by atoms with Crippen molar-refractivity contribution in [3.63, 3.8) is 0 Å². The first-order valence-electron chi connectivity index (χ1n) is 9.45. The van der Waals surface area contributed by atoms with Crippen LogP contribution in [0.15, 0.2) is 59.1 Å². The second-order valence-corrected chi connectivity index (χ2v) is 6.79. The molecule has 11 heteroatoms. The van der Waals surface area contributed by atoms with E-state index < -0.39 is 47.3 Å². The summed E-state index contributed by atoms with van der Waals surface area (Å²) in [6.45, 7) is -0.187. The Balaban J connectivity index is 1.39. The van der Waals surface area contributed by atoms with Gasteiger partial charge in [-0.25, -0.2) is 13.2 Å². The summed E-state index contributed by atoms with van der Waals surface area (Å²) < 4.78 is 78.5. The molecule has 0 spiro atoms. The van der Waals surface area contributed by atoms with E-state index in [4.69, 9.17) is 9.15 Å². The van der Waals surface area contributed by atoms with Crippen LogP contribution in [0, 0.1) is 29.1 Å². The number of furan rings is 1. The molecule has 4 rings (SSSR count). The number of aromatic nitrogens is 2. The number of nitrogens with zero attached hydrogens (tertiary/aromatic N) is 2. The number of halogens is 5. The minimum absolute atomic E-state index is 0.0845. The molecule has 1 N–H and O–H groups in total. The third kappa shape index (κ3) is 4.71. The molecule has 33 heavy (non-hydrogen) atoms. The largest absolute Gasteiger partial charge is 0.479 e. The molecule has 0 saturated heterocycles. The number of rotatable bonds is 7. The average Bonchev–Trinajstić information content (AvgIpc) is 3.47. The molecule has 0 saturated carbocycles. The van der Waals surface area contributed by atoms with Gasteiger partial charge >= 0.3 is 0 Å². The van der Waals surface area contributed by atoms with Crippen LogP contribution in [-0.2, 0) is 13.2 Å². The van der Waals surface area contributed by atoms with Crippen LogP contribution in [0.5, 0.6) is 5.75 Å². The van der Waals surface area contributed by atoms with Crippen LogP contribution >= 0.6 is 0 Å². The van der Waals surface area contributed by atoms with Gasteiger partial charge in [0.2, 0.25) is 29.1 Å². The van der Waals surface area contributed by atoms with Gasteiger partial charge in [-0.3, -0.25) is 9.48 Å². The fourth-order valence-corrected chi connectivity index (χ4v) is 2.90. The lowest BCUT2D eigenvalue weighted by Crippen LogP contribution is -2.12. The summed E-state index contributed by atoms with van der Waals surface area (Å²) in [6, 6.07) is 13.6. The molecule has 2 aromatic heterocycles. The summed E-state index contributed by atoms with van der Waals surface area (Å²) in [5.41, 5.74) is 1.02. The van der Waals surface area contributed by atoms with E-state index in [0.29, 0.717) is 6.54 Å². The zero-order valence-corrected chi connectivity index (χ0v) is 16.6. The molecule has 0 aliphatic carbocycles. The Morgan fingerprint density at radius 3 is 2.27 bits per heavy atom. The van der Waals surface area contributed by atoms with Crippen LogP contribution in [0.25, 0.3) is 0 Å². The van der Waals surface area contributed by atoms with Gasteiger partial charge in [0.25, 0.3) is 5.91 Å². The monoisotopic (exact) mass is 463 g/mol. The van der Waals surface area contributed by atoms with E-state index in [-0.39, 0.29) is 17.3 Å². The third-order valence-electron chi connectivity index (χ3n) is 4.48. The van der Waals surface area contributed by atoms with Gasteiger partial charge in [0, 0.05) is 12.3 Å². The molecule has 2 heterocycles. The van der Waals surface area contributed by atoms with E-state index in [1.54, 1.807) is 16.9 Å². The summed E-state index contributed by atoms with van der Waals surface area (Å²) in [5, 5.41) is 6.75. The lowest BCUT2D eigenvalue weighted by molar-refractivity contribution is 0.0991. The van der Waals surface area contributed by atoms with Crippen LogP contribution in [-0.4, -0.2) is 15.7 Å². The zero-order valence-electron chi connectivity index (χ0n) is 16.6. The number of amides is 1. The molecule has 0 aliphatic heterocycles. The maximum absolute atomic E-state index is 13.7. The van der Waals surface area contributed by atoms with E-state index in [9.17, 15) is 26.7 Å². The molecule has 0 atom stereocenters. The Morgan fingerprint density at radius 1 is 0.909 bits per heavy atom. The summed E-state index contributed by atoms with van der Waals surface area (Å²) in [5.74, 6) is -12.9. The predicted octanol–water partition coefficient (Wildman–Crippen LogP) is 5.05. The Morgan fingerprint density at radius 2 is 1.58 bits per heavy atom. The van der Waals surface area contributed by atoms with Crippen molar-refractivity contribution in [2.24, 2.45) is 0 Å². The van der Waals surface area contributed by atoms with Gasteiger partial charge in [-0.15, -0.1) is 0 Å². The van der Waals surface area contributed by atoms with E-state index in [1.807, 2.05) is 30.3 Å². The van der Waals surface area contributed by atoms with Crippen molar-refractivity contribution in [3.05, 3.63) is 101 Å². The highest BCUT2D eigenvalue weighted by molar-refractivity contribution is 6.01. The molecule has 0 aliphatic rings. The minimum Gasteiger partial charge on any atom is -0.479 e. The number of anilines is 1. The summed E-state index contributed by atoms with van der Waals surface area (Å²) in [4.78, 5) is 12.3. The van der Waals surface area contributed by atoms with Crippen molar-refractivity contribution >= 4 is 11.7 Å². The number of benzene rings is 2. The zero-order chi connectivity index (χ0) is 23.5. The molecule has 0 radical (unpaired) electrons. The van der Waals surface area contributed by atoms with Crippen molar-refractivity contribution in [1.82, 2.24) is 9.78 Å². The van der Waals surface area contributed by atoms with Crippen LogP contribution in [0.3, 0.4) is 0 Å². The van der Waals surface area contributed by atoms with Crippen molar-refractivity contribution < 1.29 is 35.9 Å². The summed E-state index contributed by atoms with van der Waals surface area (Å²) in [7, 11) is 0. The molecule has 0 fully saturated rings. The molecule has 170 valence electrons. The SMILES string of the molecule is O=C(Nc1ccn(Cc2ccccc2)n1)c1ccc(COc2c(F)c(F)c(F)c(F)c2F)o1. The Bertz CT molecular complexity index is 1280. The molecule has 4 aromatic rings. The highest BCUT2D eigenvalue weighted by Crippen LogP contribution is 2.29. The fraction of sp³-hybridized carbons (Fsp3) is 0.0909. The van der Waals surface area contributed by atoms with E-state index in [1.165, 1.54) is 12.1 Å². The quantitative estimate of drug-likeness (QED) is 0.237. The lowest BCUT2D eigenvalue weighted by atomic mass is 10.2. The first kappa shape index (κ1) is 22.1. The van der Waals surface area contributed by atoms with Gasteiger partial charge in [0.1, 0.15) is 12.4 Å². The van der Waals surface area contributed by atoms with Crippen molar-refractivity contribution in [1.29, 1.82) is 0 Å². The van der Waals surface area contributed by atoms with Crippen molar-refractivity contribution in [2.75, 3.05) is 5.32 Å². The molecule has 0 bridgehead atoms. The maximum atomic E-state index is 13.7. The minimum atomic E-state index is -2.29. The summed E-state index contributed by atoms with van der Waals surface area (Å²) >= 11 is 0. The molecule has 2 aromatic carbocycles. The van der Waals surface area contributed by atoms with Gasteiger partial charge in [0.05, 0.1) is 6.54 Å². The molecule has 1 amide bonds. The third-order valence-corrected chi connectivity index (χ3v) is 4.48. The number of carbonyl (C=O) groups is 1. The average molecular weight is 463 g/mol. The topological polar surface area (TPSA) is 69.3 Å². The second-order valence-electron chi connectivity index (χ2n) is 6.79. The Hall–Kier alpha value is -4.15. The normalized spacial score (nSPS) is 10.9. The molecule has 6 nitrogen and oxygen atoms in total. The second kappa shape index (κ2) is 9.15. The van der Waals surface area contributed by atoms with Crippen LogP contribution in [0.4, 0.5) is 27.8 Å². The molecular weight excluding hydrogens is 449 g/mol. The Labute approximate surface area is 183 Å². The first-order valence-corrected chi connectivity index (χ1v) is 9.45. The lowest BCUT2D eigenvalue weighted by Gasteiger charge is -2.09. The molecule has 0 unspecified atom stereocenters. The molecular formula is C22H14F5N3O3. The van der Waals surface area contributed by atoms with Gasteiger partial charge in [-0.2, -0.15) is 13.9 Å². The predicted molar refractivity (Wildman–Crippen MR) is 105 cm³/mol. The van der Waals surface area contributed by atoms with Crippen molar-refractivity contribution in [2.45, 2.75) is 13.2 Å². The highest BCUT2D eigenvalue weighted by Gasteiger charge is 2.27. The van der Waals surface area contributed by atoms with Crippen LogP contribution in [0.2, 0.25) is 0 Å². The smallest absolute Gasteiger partial charge is 0.292 e. The fourth-order valence-electron chi connectivity index (χ4n) is 2.90. The highest BCUT2D eigenvalue weighted by atomic mass is 19.2. The van der Waals surface area contributed by atoms with Gasteiger partial charge in [0.15, 0.2) is 17.3 Å². The maximum Gasteiger partial charge on any atom is 0.292 e. The van der Waals surface area contributed by atoms with Crippen LogP contribution in [0.1, 0.15) is 21.9 Å². The number of hydrogen-bond acceptors (Lipinski definition) is 4. The Kier molecular flexibility index (Phi) is 6.11. The standard InChI is InChI=1S/C22H14F5N3O3/c23-16-17(24)19(26)21(20(27)18(16)25)32-11-13-6-7-14(33-13)22(31)28-15-8-9-30(29-15)10-12-4-2-1-3-5-12/h1-9H,10-11H2,(H,28,29,31).